The van der Waals surface area contributed by atoms with Gasteiger partial charge in [-0.05, 0) is 48.7 Å². The predicted octanol–water partition coefficient (Wildman–Crippen LogP) is 8.03. The number of methoxy groups -OCH3 is 1. The summed E-state index contributed by atoms with van der Waals surface area (Å²) in [4.78, 5) is 23.6. The number of ether oxygens (including phenoxy) is 1. The number of nitrogens with zero attached hydrogens (tertiary/aromatic N) is 3. The predicted molar refractivity (Wildman–Crippen MR) is 165 cm³/mol. The first-order chi connectivity index (χ1) is 19.1. The van der Waals surface area contributed by atoms with E-state index in [2.05, 4.69) is 58.5 Å². The van der Waals surface area contributed by atoms with Crippen LogP contribution in [0, 0.1) is 0 Å². The number of hydrogen-bond acceptors (Lipinski definition) is 7. The van der Waals surface area contributed by atoms with E-state index in [4.69, 9.17) is 9.72 Å². The number of anilines is 4. The van der Waals surface area contributed by atoms with Gasteiger partial charge in [0.15, 0.2) is 0 Å². The zero-order chi connectivity index (χ0) is 27.6. The second-order valence-electron chi connectivity index (χ2n) is 9.39. The Labute approximate surface area is 234 Å². The van der Waals surface area contributed by atoms with Crippen LogP contribution in [0.5, 0.6) is 5.75 Å². The molecule has 0 atom stereocenters. The van der Waals surface area contributed by atoms with Crippen molar-refractivity contribution in [1.82, 2.24) is 9.97 Å². The van der Waals surface area contributed by atoms with Crippen molar-refractivity contribution in [1.29, 1.82) is 0 Å². The average Bonchev–Trinajstić information content (AvgIpc) is 3.38. The average molecular weight is 544 g/mol. The summed E-state index contributed by atoms with van der Waals surface area (Å²) in [6.45, 7) is 10.0. The van der Waals surface area contributed by atoms with Gasteiger partial charge >= 0.3 is 0 Å². The van der Waals surface area contributed by atoms with Crippen LogP contribution >= 0.6 is 11.3 Å². The summed E-state index contributed by atoms with van der Waals surface area (Å²) >= 11 is 1.59. The van der Waals surface area contributed by atoms with E-state index in [0.29, 0.717) is 11.6 Å². The number of unbranched alkanes of at least 4 members (excludes halogenated alkanes) is 3. The van der Waals surface area contributed by atoms with Crippen LogP contribution in [0.2, 0.25) is 0 Å². The zero-order valence-electron chi connectivity index (χ0n) is 23.0. The smallest absolute Gasteiger partial charge is 0.247 e. The first kappa shape index (κ1) is 28.1. The Morgan fingerprint density at radius 2 is 1.97 bits per heavy atom. The number of benzene rings is 2. The van der Waals surface area contributed by atoms with Crippen molar-refractivity contribution < 1.29 is 9.53 Å². The molecule has 39 heavy (non-hydrogen) atoms. The van der Waals surface area contributed by atoms with Gasteiger partial charge in [0.05, 0.1) is 29.2 Å². The molecule has 0 spiro atoms. The van der Waals surface area contributed by atoms with Crippen LogP contribution in [0.1, 0.15) is 46.0 Å². The third-order valence-corrected chi connectivity index (χ3v) is 7.42. The zero-order valence-corrected chi connectivity index (χ0v) is 23.8. The third-order valence-electron chi connectivity index (χ3n) is 6.51. The van der Waals surface area contributed by atoms with Crippen LogP contribution in [-0.2, 0) is 4.79 Å². The fourth-order valence-corrected chi connectivity index (χ4v) is 5.39. The Morgan fingerprint density at radius 1 is 1.10 bits per heavy atom. The highest BCUT2D eigenvalue weighted by molar-refractivity contribution is 7.17. The second kappa shape index (κ2) is 13.8. The number of carbonyl (C=O) groups is 1. The van der Waals surface area contributed by atoms with Gasteiger partial charge in [-0.15, -0.1) is 11.3 Å². The summed E-state index contributed by atoms with van der Waals surface area (Å²) < 4.78 is 6.75. The van der Waals surface area contributed by atoms with Gasteiger partial charge in [0.2, 0.25) is 11.9 Å². The minimum atomic E-state index is -0.245. The molecule has 204 valence electrons. The van der Waals surface area contributed by atoms with Crippen LogP contribution in [0.25, 0.3) is 21.3 Å². The van der Waals surface area contributed by atoms with Crippen molar-refractivity contribution in [2.45, 2.75) is 46.0 Å². The fourth-order valence-electron chi connectivity index (χ4n) is 4.52. The number of hydrogen-bond donors (Lipinski definition) is 2. The van der Waals surface area contributed by atoms with Gasteiger partial charge in [-0.2, -0.15) is 0 Å². The molecule has 4 rings (SSSR count). The molecule has 0 bridgehead atoms. The van der Waals surface area contributed by atoms with Crippen molar-refractivity contribution in [3.8, 4) is 16.9 Å². The van der Waals surface area contributed by atoms with Crippen LogP contribution < -0.4 is 20.3 Å². The molecule has 1 amide bonds. The summed E-state index contributed by atoms with van der Waals surface area (Å²) in [5.74, 6) is 1.00. The number of amides is 1. The molecule has 0 unspecified atom stereocenters. The highest BCUT2D eigenvalue weighted by Crippen LogP contribution is 2.36. The lowest BCUT2D eigenvalue weighted by atomic mass is 10.1. The minimum Gasteiger partial charge on any atom is -0.494 e. The quantitative estimate of drug-likeness (QED) is 0.124. The molecule has 4 aromatic rings. The van der Waals surface area contributed by atoms with E-state index in [0.717, 1.165) is 58.0 Å². The van der Waals surface area contributed by atoms with Crippen LogP contribution in [0.4, 0.5) is 23.0 Å². The molecular formula is C31H37N5O2S. The topological polar surface area (TPSA) is 79.4 Å². The lowest BCUT2D eigenvalue weighted by Gasteiger charge is -2.25. The number of rotatable bonds is 14. The Hall–Kier alpha value is -3.91. The molecule has 0 radical (unpaired) electrons. The van der Waals surface area contributed by atoms with E-state index in [1.54, 1.807) is 18.4 Å². The Kier molecular flexibility index (Phi) is 9.91. The lowest BCUT2D eigenvalue weighted by molar-refractivity contribution is -0.111. The largest absolute Gasteiger partial charge is 0.494 e. The maximum absolute atomic E-state index is 11.8. The normalized spacial score (nSPS) is 10.8. The molecule has 0 aliphatic heterocycles. The molecule has 2 aromatic heterocycles. The van der Waals surface area contributed by atoms with E-state index in [1.807, 2.05) is 36.5 Å². The SMILES string of the molecule is C=CC(=O)Nc1cccc(-c2csc3cnc(Nc4ccc(N(CCC)CCCCCC)cc4OC)nc23)c1. The first-order valence-electron chi connectivity index (χ1n) is 13.5. The van der Waals surface area contributed by atoms with Crippen molar-refractivity contribution in [2.24, 2.45) is 0 Å². The van der Waals surface area contributed by atoms with E-state index in [1.165, 1.54) is 31.8 Å². The number of thiophene rings is 1. The summed E-state index contributed by atoms with van der Waals surface area (Å²) in [6, 6.07) is 14.0. The van der Waals surface area contributed by atoms with Gasteiger partial charge < -0.3 is 20.3 Å². The lowest BCUT2D eigenvalue weighted by Crippen LogP contribution is -2.25. The maximum atomic E-state index is 11.8. The molecule has 2 heterocycles. The summed E-state index contributed by atoms with van der Waals surface area (Å²) in [5.41, 5.74) is 5.47. The molecule has 0 aliphatic carbocycles. The fraction of sp³-hybridized carbons (Fsp3) is 0.323. The minimum absolute atomic E-state index is 0.245. The molecule has 0 fully saturated rings. The monoisotopic (exact) mass is 543 g/mol. The summed E-state index contributed by atoms with van der Waals surface area (Å²) in [6.07, 6.45) is 9.15. The van der Waals surface area contributed by atoms with Crippen LogP contribution in [0.15, 0.2) is 66.7 Å². The highest BCUT2D eigenvalue weighted by atomic mass is 32.1. The second-order valence-corrected chi connectivity index (χ2v) is 10.3. The summed E-state index contributed by atoms with van der Waals surface area (Å²) in [5, 5.41) is 8.24. The number of nitrogens with one attached hydrogen (secondary N) is 2. The standard InChI is InChI=1S/C31H37N5O2S/c1-5-8-9-10-17-36(16-6-2)24-14-15-26(27(19-24)38-4)34-31-32-20-28-30(35-31)25(21-39-28)22-12-11-13-23(18-22)33-29(37)7-3/h7,11-15,18-21H,3,5-6,8-10,16-17H2,1-2,4H3,(H,33,37)(H,32,34,35). The molecule has 7 nitrogen and oxygen atoms in total. The Balaban J connectivity index is 1.57. The van der Waals surface area contributed by atoms with E-state index in [-0.39, 0.29) is 5.91 Å². The Morgan fingerprint density at radius 3 is 2.74 bits per heavy atom. The Bertz CT molecular complexity index is 1420. The van der Waals surface area contributed by atoms with Crippen molar-refractivity contribution in [2.75, 3.05) is 35.7 Å². The molecule has 0 saturated heterocycles. The number of carbonyl (C=O) groups excluding carboxylic acids is 1. The van der Waals surface area contributed by atoms with Crippen molar-refractivity contribution in [3.05, 3.63) is 66.7 Å². The third kappa shape index (κ3) is 7.15. The van der Waals surface area contributed by atoms with E-state index >= 15 is 0 Å². The number of aromatic nitrogens is 2. The van der Waals surface area contributed by atoms with Crippen molar-refractivity contribution >= 4 is 50.5 Å². The molecule has 8 heteroatoms. The molecular weight excluding hydrogens is 506 g/mol. The molecule has 2 aromatic carbocycles. The number of fused-ring (bicyclic) bond motifs is 1. The van der Waals surface area contributed by atoms with E-state index < -0.39 is 0 Å². The first-order valence-corrected chi connectivity index (χ1v) is 14.4. The van der Waals surface area contributed by atoms with E-state index in [9.17, 15) is 4.79 Å². The highest BCUT2D eigenvalue weighted by Gasteiger charge is 2.14. The molecule has 0 saturated carbocycles. The molecule has 0 aliphatic rings. The van der Waals surface area contributed by atoms with Crippen LogP contribution in [-0.4, -0.2) is 36.1 Å². The van der Waals surface area contributed by atoms with Gasteiger partial charge in [-0.1, -0.05) is 51.8 Å². The van der Waals surface area contributed by atoms with Gasteiger partial charge in [0, 0.05) is 41.5 Å². The van der Waals surface area contributed by atoms with Crippen molar-refractivity contribution in [3.63, 3.8) is 0 Å². The van der Waals surface area contributed by atoms with Gasteiger partial charge in [0.25, 0.3) is 0 Å². The van der Waals surface area contributed by atoms with Gasteiger partial charge in [0.1, 0.15) is 5.75 Å². The van der Waals surface area contributed by atoms with Crippen LogP contribution in [0.3, 0.4) is 0 Å². The van der Waals surface area contributed by atoms with Gasteiger partial charge in [-0.3, -0.25) is 4.79 Å². The molecule has 2 N–H and O–H groups in total. The summed E-state index contributed by atoms with van der Waals surface area (Å²) in [7, 11) is 1.69. The van der Waals surface area contributed by atoms with Gasteiger partial charge in [-0.25, -0.2) is 9.97 Å². The maximum Gasteiger partial charge on any atom is 0.247 e.